The van der Waals surface area contributed by atoms with E-state index in [1.54, 1.807) is 0 Å². The third kappa shape index (κ3) is 9.52. The van der Waals surface area contributed by atoms with Gasteiger partial charge in [-0.15, -0.1) is 12.4 Å². The second-order valence-corrected chi connectivity index (χ2v) is 5.55. The molecule has 0 N–H and O–H groups in total. The van der Waals surface area contributed by atoms with E-state index in [4.69, 9.17) is 4.74 Å². The number of benzene rings is 1. The lowest BCUT2D eigenvalue weighted by Gasteiger charge is -2.11. The van der Waals surface area contributed by atoms with E-state index in [9.17, 15) is 4.79 Å². The van der Waals surface area contributed by atoms with Crippen molar-refractivity contribution in [2.45, 2.75) is 65.4 Å². The van der Waals surface area contributed by atoms with E-state index in [1.165, 1.54) is 32.1 Å². The van der Waals surface area contributed by atoms with Crippen LogP contribution in [-0.2, 0) is 16.1 Å². The first-order chi connectivity index (χ1) is 9.74. The van der Waals surface area contributed by atoms with Crippen molar-refractivity contribution in [1.82, 2.24) is 0 Å². The Morgan fingerprint density at radius 1 is 1.05 bits per heavy atom. The highest BCUT2D eigenvalue weighted by atomic mass is 35.5. The molecular formula is C18H29ClO2. The van der Waals surface area contributed by atoms with Crippen LogP contribution in [-0.4, -0.2) is 5.97 Å². The van der Waals surface area contributed by atoms with Gasteiger partial charge in [0.2, 0.25) is 0 Å². The lowest BCUT2D eigenvalue weighted by atomic mass is 10.0. The molecule has 0 saturated carbocycles. The van der Waals surface area contributed by atoms with Crippen molar-refractivity contribution in [2.24, 2.45) is 5.92 Å². The average molecular weight is 313 g/mol. The molecule has 1 atom stereocenters. The van der Waals surface area contributed by atoms with Crippen molar-refractivity contribution in [3.05, 3.63) is 35.9 Å². The maximum Gasteiger partial charge on any atom is 0.308 e. The molecule has 1 aromatic rings. The van der Waals surface area contributed by atoms with Gasteiger partial charge in [-0.2, -0.15) is 0 Å². The van der Waals surface area contributed by atoms with E-state index in [2.05, 4.69) is 6.92 Å². The lowest BCUT2D eigenvalue weighted by Crippen LogP contribution is -2.14. The molecule has 0 heterocycles. The van der Waals surface area contributed by atoms with Gasteiger partial charge >= 0.3 is 5.97 Å². The molecule has 0 radical (unpaired) electrons. The number of unbranched alkanes of at least 4 members (excludes halogenated alkanes) is 5. The van der Waals surface area contributed by atoms with Crippen molar-refractivity contribution >= 4 is 18.4 Å². The highest BCUT2D eigenvalue weighted by molar-refractivity contribution is 5.85. The molecular weight excluding hydrogens is 284 g/mol. The monoisotopic (exact) mass is 312 g/mol. The summed E-state index contributed by atoms with van der Waals surface area (Å²) in [6.07, 6.45) is 8.53. The van der Waals surface area contributed by atoms with Crippen LogP contribution in [0, 0.1) is 5.92 Å². The topological polar surface area (TPSA) is 26.3 Å². The third-order valence-electron chi connectivity index (χ3n) is 3.62. The third-order valence-corrected chi connectivity index (χ3v) is 3.62. The van der Waals surface area contributed by atoms with Gasteiger partial charge in [0.15, 0.2) is 0 Å². The number of carbonyl (C=O) groups excluding carboxylic acids is 1. The van der Waals surface area contributed by atoms with Crippen LogP contribution in [0.1, 0.15) is 64.4 Å². The van der Waals surface area contributed by atoms with Gasteiger partial charge in [0.1, 0.15) is 6.61 Å². The quantitative estimate of drug-likeness (QED) is 0.419. The van der Waals surface area contributed by atoms with E-state index in [0.29, 0.717) is 6.61 Å². The molecule has 0 spiro atoms. The maximum absolute atomic E-state index is 11.9. The summed E-state index contributed by atoms with van der Waals surface area (Å²) in [7, 11) is 0. The second-order valence-electron chi connectivity index (χ2n) is 5.55. The van der Waals surface area contributed by atoms with Crippen molar-refractivity contribution in [3.8, 4) is 0 Å². The molecule has 0 aromatic heterocycles. The molecule has 0 bridgehead atoms. The van der Waals surface area contributed by atoms with Gasteiger partial charge in [-0.25, -0.2) is 0 Å². The maximum atomic E-state index is 11.9. The van der Waals surface area contributed by atoms with Gasteiger partial charge < -0.3 is 4.74 Å². The predicted octanol–water partition coefficient (Wildman–Crippen LogP) is 5.54. The fraction of sp³-hybridized carbons (Fsp3) is 0.611. The number of ether oxygens (including phenoxy) is 1. The van der Waals surface area contributed by atoms with Gasteiger partial charge in [0.25, 0.3) is 0 Å². The zero-order chi connectivity index (χ0) is 14.6. The Morgan fingerprint density at radius 2 is 1.67 bits per heavy atom. The van der Waals surface area contributed by atoms with Crippen molar-refractivity contribution in [3.63, 3.8) is 0 Å². The molecule has 0 saturated heterocycles. The van der Waals surface area contributed by atoms with Crippen LogP contribution in [0.3, 0.4) is 0 Å². The summed E-state index contributed by atoms with van der Waals surface area (Å²) in [6.45, 7) is 4.59. The Hall–Kier alpha value is -1.02. The van der Waals surface area contributed by atoms with Crippen molar-refractivity contribution in [2.75, 3.05) is 0 Å². The first-order valence-electron chi connectivity index (χ1n) is 7.94. The van der Waals surface area contributed by atoms with E-state index in [-0.39, 0.29) is 24.3 Å². The number of carbonyl (C=O) groups is 1. The standard InChI is InChI=1S/C18H28O2.ClH/c1-3-4-5-6-7-9-12-16(2)18(19)20-15-17-13-10-8-11-14-17;/h8,10-11,13-14,16H,3-7,9,12,15H2,1-2H3;1H. The number of hydrogen-bond donors (Lipinski definition) is 0. The Morgan fingerprint density at radius 3 is 2.33 bits per heavy atom. The largest absolute Gasteiger partial charge is 0.461 e. The summed E-state index contributed by atoms with van der Waals surface area (Å²) in [5, 5.41) is 0. The van der Waals surface area contributed by atoms with Crippen LogP contribution in [0.25, 0.3) is 0 Å². The van der Waals surface area contributed by atoms with Crippen LogP contribution < -0.4 is 0 Å². The average Bonchev–Trinajstić information content (AvgIpc) is 2.49. The molecule has 120 valence electrons. The fourth-order valence-electron chi connectivity index (χ4n) is 2.22. The van der Waals surface area contributed by atoms with Gasteiger partial charge in [-0.05, 0) is 12.0 Å². The molecule has 21 heavy (non-hydrogen) atoms. The highest BCUT2D eigenvalue weighted by Crippen LogP contribution is 2.14. The van der Waals surface area contributed by atoms with E-state index in [0.717, 1.165) is 18.4 Å². The van der Waals surface area contributed by atoms with Crippen LogP contribution in [0.15, 0.2) is 30.3 Å². The minimum absolute atomic E-state index is 0. The molecule has 3 heteroatoms. The van der Waals surface area contributed by atoms with Gasteiger partial charge in [-0.1, -0.05) is 82.7 Å². The fourth-order valence-corrected chi connectivity index (χ4v) is 2.22. The summed E-state index contributed by atoms with van der Waals surface area (Å²) in [5.74, 6) is -0.0488. The summed E-state index contributed by atoms with van der Waals surface area (Å²) < 4.78 is 5.35. The summed E-state index contributed by atoms with van der Waals surface area (Å²) in [6, 6.07) is 9.84. The Balaban J connectivity index is 0.00000400. The van der Waals surface area contributed by atoms with Crippen LogP contribution >= 0.6 is 12.4 Å². The van der Waals surface area contributed by atoms with E-state index < -0.39 is 0 Å². The molecule has 1 unspecified atom stereocenters. The number of hydrogen-bond acceptors (Lipinski definition) is 2. The predicted molar refractivity (Wildman–Crippen MR) is 90.6 cm³/mol. The Bertz CT molecular complexity index is 365. The minimum Gasteiger partial charge on any atom is -0.461 e. The van der Waals surface area contributed by atoms with E-state index in [1.807, 2.05) is 37.3 Å². The smallest absolute Gasteiger partial charge is 0.308 e. The molecule has 1 aromatic carbocycles. The molecule has 0 amide bonds. The molecule has 1 rings (SSSR count). The van der Waals surface area contributed by atoms with E-state index >= 15 is 0 Å². The minimum atomic E-state index is -0.0672. The zero-order valence-electron chi connectivity index (χ0n) is 13.3. The van der Waals surface area contributed by atoms with Gasteiger partial charge in [-0.3, -0.25) is 4.79 Å². The first-order valence-corrected chi connectivity index (χ1v) is 7.94. The molecule has 0 aliphatic rings. The summed E-state index contributed by atoms with van der Waals surface area (Å²) in [5.41, 5.74) is 1.05. The molecule has 0 fully saturated rings. The highest BCUT2D eigenvalue weighted by Gasteiger charge is 2.13. The normalized spacial score (nSPS) is 11.5. The molecule has 2 nitrogen and oxygen atoms in total. The zero-order valence-corrected chi connectivity index (χ0v) is 14.2. The number of halogens is 1. The van der Waals surface area contributed by atoms with Crippen molar-refractivity contribution < 1.29 is 9.53 Å². The summed E-state index contributed by atoms with van der Waals surface area (Å²) >= 11 is 0. The Kier molecular flexibility index (Phi) is 12.1. The second kappa shape index (κ2) is 12.7. The summed E-state index contributed by atoms with van der Waals surface area (Å²) in [4.78, 5) is 11.9. The Labute approximate surface area is 135 Å². The van der Waals surface area contributed by atoms with Crippen LogP contribution in [0.4, 0.5) is 0 Å². The number of rotatable bonds is 10. The van der Waals surface area contributed by atoms with Gasteiger partial charge in [0.05, 0.1) is 5.92 Å². The lowest BCUT2D eigenvalue weighted by molar-refractivity contribution is -0.149. The molecule has 0 aliphatic carbocycles. The van der Waals surface area contributed by atoms with Crippen molar-refractivity contribution in [1.29, 1.82) is 0 Å². The molecule has 0 aliphatic heterocycles. The SMILES string of the molecule is CCCCCCCCC(C)C(=O)OCc1ccccc1.Cl. The van der Waals surface area contributed by atoms with Gasteiger partial charge in [0, 0.05) is 0 Å². The van der Waals surface area contributed by atoms with Crippen LogP contribution in [0.5, 0.6) is 0 Å². The number of esters is 1. The first kappa shape index (κ1) is 20.0. The van der Waals surface area contributed by atoms with Crippen LogP contribution in [0.2, 0.25) is 0 Å².